The molecule has 3 fully saturated rings. The van der Waals surface area contributed by atoms with Gasteiger partial charge in [0.05, 0.1) is 11.2 Å². The highest BCUT2D eigenvalue weighted by atomic mass is 32.2. The molecule has 1 N–H and O–H groups in total. The van der Waals surface area contributed by atoms with Crippen LogP contribution in [0.1, 0.15) is 45.6 Å². The lowest BCUT2D eigenvalue weighted by molar-refractivity contribution is -0.192. The number of amides is 1. The maximum absolute atomic E-state index is 13.6. The van der Waals surface area contributed by atoms with Crippen LogP contribution in [0.2, 0.25) is 0 Å². The topological polar surface area (TPSA) is 111 Å². The molecule has 13 heteroatoms. The molecule has 3 aliphatic heterocycles. The predicted octanol–water partition coefficient (Wildman–Crippen LogP) is 2.84. The first kappa shape index (κ1) is 30.3. The van der Waals surface area contributed by atoms with Crippen LogP contribution in [0, 0.1) is 16.7 Å². The number of piperidine rings is 1. The van der Waals surface area contributed by atoms with Crippen molar-refractivity contribution < 1.29 is 36.3 Å². The van der Waals surface area contributed by atoms with Crippen molar-refractivity contribution in [2.24, 2.45) is 16.7 Å². The van der Waals surface area contributed by atoms with Crippen LogP contribution in [-0.2, 0) is 26.2 Å². The summed E-state index contributed by atoms with van der Waals surface area (Å²) >= 11 is 0. The van der Waals surface area contributed by atoms with Crippen molar-refractivity contribution in [3.8, 4) is 0 Å². The fraction of sp³-hybridized carbons (Fsp3) is 0.720. The Morgan fingerprint density at radius 3 is 2.26 bits per heavy atom. The zero-order valence-electron chi connectivity index (χ0n) is 22.1. The zero-order valence-corrected chi connectivity index (χ0v) is 22.9. The fourth-order valence-corrected chi connectivity index (χ4v) is 7.97. The second-order valence-corrected chi connectivity index (χ2v) is 12.9. The predicted molar refractivity (Wildman–Crippen MR) is 134 cm³/mol. The summed E-state index contributed by atoms with van der Waals surface area (Å²) in [5.74, 6) is -2.17. The minimum atomic E-state index is -5.08. The smallest absolute Gasteiger partial charge is 0.475 e. The quantitative estimate of drug-likeness (QED) is 0.568. The van der Waals surface area contributed by atoms with Gasteiger partial charge in [0, 0.05) is 63.6 Å². The number of aliphatic carboxylic acids is 1. The van der Waals surface area contributed by atoms with Crippen LogP contribution < -0.4 is 0 Å². The highest BCUT2D eigenvalue weighted by Gasteiger charge is 2.65. The van der Waals surface area contributed by atoms with Crippen molar-refractivity contribution in [1.29, 1.82) is 0 Å². The van der Waals surface area contributed by atoms with Crippen LogP contribution in [0.25, 0.3) is 0 Å². The summed E-state index contributed by atoms with van der Waals surface area (Å²) in [6, 6.07) is 4.04. The minimum Gasteiger partial charge on any atom is -0.475 e. The Morgan fingerprint density at radius 1 is 1.16 bits per heavy atom. The summed E-state index contributed by atoms with van der Waals surface area (Å²) < 4.78 is 59.0. The third kappa shape index (κ3) is 6.31. The highest BCUT2D eigenvalue weighted by molar-refractivity contribution is 7.89. The molecular weight excluding hydrogens is 525 g/mol. The summed E-state index contributed by atoms with van der Waals surface area (Å²) in [7, 11) is -3.24. The molecule has 0 bridgehead atoms. The molecule has 0 saturated carbocycles. The number of aromatic nitrogens is 1. The SMILES string of the molecule is CCN1CCC2(CN(Cc3cccnc3)CC23CCN(S(=O)(=O)CC(C)C)CC3)C1=O.O=C(O)C(F)(F)F. The van der Waals surface area contributed by atoms with Crippen LogP contribution in [-0.4, -0.2) is 95.7 Å². The minimum absolute atomic E-state index is 0.114. The number of carbonyl (C=O) groups excluding carboxylic acids is 1. The van der Waals surface area contributed by atoms with Crippen molar-refractivity contribution in [2.45, 2.75) is 52.8 Å². The highest BCUT2D eigenvalue weighted by Crippen LogP contribution is 2.58. The second-order valence-electron chi connectivity index (χ2n) is 10.9. The molecule has 3 saturated heterocycles. The molecule has 0 radical (unpaired) electrons. The van der Waals surface area contributed by atoms with Crippen LogP contribution in [0.15, 0.2) is 24.5 Å². The van der Waals surface area contributed by atoms with E-state index >= 15 is 0 Å². The maximum Gasteiger partial charge on any atom is 0.490 e. The van der Waals surface area contributed by atoms with Crippen molar-refractivity contribution >= 4 is 21.9 Å². The van der Waals surface area contributed by atoms with Gasteiger partial charge in [-0.25, -0.2) is 17.5 Å². The summed E-state index contributed by atoms with van der Waals surface area (Å²) in [6.45, 7) is 10.9. The van der Waals surface area contributed by atoms with Gasteiger partial charge in [-0.3, -0.25) is 14.7 Å². The number of halogens is 3. The normalized spacial score (nSPS) is 24.3. The largest absolute Gasteiger partial charge is 0.490 e. The van der Waals surface area contributed by atoms with Gasteiger partial charge in [0.2, 0.25) is 15.9 Å². The number of carbonyl (C=O) groups is 2. The van der Waals surface area contributed by atoms with E-state index in [1.165, 1.54) is 0 Å². The van der Waals surface area contributed by atoms with Gasteiger partial charge in [0.1, 0.15) is 0 Å². The van der Waals surface area contributed by atoms with E-state index in [-0.39, 0.29) is 28.4 Å². The average molecular weight is 563 g/mol. The Labute approximate surface area is 222 Å². The lowest BCUT2D eigenvalue weighted by Gasteiger charge is -2.46. The number of carboxylic acid groups (broad SMARTS) is 1. The first-order chi connectivity index (χ1) is 17.7. The molecule has 2 spiro atoms. The van der Waals surface area contributed by atoms with Gasteiger partial charge in [-0.15, -0.1) is 0 Å². The average Bonchev–Trinajstić information content (AvgIpc) is 3.30. The Hall–Kier alpha value is -2.25. The van der Waals surface area contributed by atoms with Gasteiger partial charge >= 0.3 is 12.1 Å². The maximum atomic E-state index is 13.6. The van der Waals surface area contributed by atoms with E-state index in [4.69, 9.17) is 9.90 Å². The van der Waals surface area contributed by atoms with Crippen LogP contribution in [0.5, 0.6) is 0 Å². The number of alkyl halides is 3. The van der Waals surface area contributed by atoms with Crippen molar-refractivity contribution in [1.82, 2.24) is 19.1 Å². The summed E-state index contributed by atoms with van der Waals surface area (Å²) in [5.41, 5.74) is 0.614. The third-order valence-corrected chi connectivity index (χ3v) is 10.1. The summed E-state index contributed by atoms with van der Waals surface area (Å²) in [5, 5.41) is 7.12. The van der Waals surface area contributed by atoms with Gasteiger partial charge in [0.25, 0.3) is 0 Å². The molecule has 1 unspecified atom stereocenters. The lowest BCUT2D eigenvalue weighted by atomic mass is 9.60. The Kier molecular flexibility index (Phi) is 9.14. The van der Waals surface area contributed by atoms with Crippen LogP contribution >= 0.6 is 0 Å². The van der Waals surface area contributed by atoms with Crippen molar-refractivity contribution in [2.75, 3.05) is 45.0 Å². The summed E-state index contributed by atoms with van der Waals surface area (Å²) in [4.78, 5) is 31.2. The number of carboxylic acids is 1. The molecule has 214 valence electrons. The molecule has 1 amide bonds. The number of pyridine rings is 1. The standard InChI is InChI=1S/C23H36N4O3S.C2HF3O2/c1-4-26-11-9-23(21(26)28)18-25(15-20-6-5-10-24-14-20)17-22(23)7-12-27(13-8-22)31(29,30)16-19(2)3;3-2(4,5)1(6)7/h5-6,10,14,19H,4,7-9,11-13,15-18H2,1-3H3;(H,6,7). The van der Waals surface area contributed by atoms with E-state index in [1.807, 2.05) is 37.9 Å². The number of fused-ring (bicyclic) bond motifs is 1. The van der Waals surface area contributed by atoms with Gasteiger partial charge in [-0.2, -0.15) is 13.2 Å². The number of sulfonamides is 1. The lowest BCUT2D eigenvalue weighted by Crippen LogP contribution is -2.54. The van der Waals surface area contributed by atoms with E-state index in [9.17, 15) is 26.4 Å². The fourth-order valence-electron chi connectivity index (χ4n) is 6.18. The zero-order chi connectivity index (χ0) is 28.4. The van der Waals surface area contributed by atoms with Gasteiger partial charge in [-0.05, 0) is 43.7 Å². The molecular formula is C25H37F3N4O5S. The number of rotatable bonds is 6. The number of hydrogen-bond acceptors (Lipinski definition) is 6. The molecule has 9 nitrogen and oxygen atoms in total. The van der Waals surface area contributed by atoms with E-state index in [0.29, 0.717) is 13.1 Å². The Bertz CT molecular complexity index is 1090. The van der Waals surface area contributed by atoms with Gasteiger partial charge < -0.3 is 10.0 Å². The first-order valence-corrected chi connectivity index (χ1v) is 14.5. The third-order valence-electron chi connectivity index (χ3n) is 7.91. The molecule has 4 rings (SSSR count). The molecule has 4 heterocycles. The first-order valence-electron chi connectivity index (χ1n) is 12.8. The molecule has 1 atom stereocenters. The summed E-state index contributed by atoms with van der Waals surface area (Å²) in [6.07, 6.45) is 0.993. The van der Waals surface area contributed by atoms with E-state index in [1.54, 1.807) is 10.5 Å². The molecule has 1 aromatic heterocycles. The Balaban J connectivity index is 0.000000505. The Morgan fingerprint density at radius 2 is 1.79 bits per heavy atom. The molecule has 1 aromatic rings. The van der Waals surface area contributed by atoms with Crippen LogP contribution in [0.4, 0.5) is 13.2 Å². The molecule has 0 aromatic carbocycles. The van der Waals surface area contributed by atoms with Gasteiger partial charge in [0.15, 0.2) is 0 Å². The van der Waals surface area contributed by atoms with Crippen molar-refractivity contribution in [3.05, 3.63) is 30.1 Å². The van der Waals surface area contributed by atoms with Gasteiger partial charge in [-0.1, -0.05) is 19.9 Å². The second kappa shape index (κ2) is 11.5. The molecule has 38 heavy (non-hydrogen) atoms. The number of likely N-dealkylation sites (tertiary alicyclic amines) is 2. The number of nitrogens with zero attached hydrogens (tertiary/aromatic N) is 4. The molecule has 3 aliphatic rings. The monoisotopic (exact) mass is 562 g/mol. The van der Waals surface area contributed by atoms with Crippen molar-refractivity contribution in [3.63, 3.8) is 0 Å². The van der Waals surface area contributed by atoms with E-state index in [2.05, 4.69) is 16.0 Å². The van der Waals surface area contributed by atoms with E-state index in [0.717, 1.165) is 57.5 Å². The van der Waals surface area contributed by atoms with E-state index < -0.39 is 22.2 Å². The number of hydrogen-bond donors (Lipinski definition) is 1. The molecule has 0 aliphatic carbocycles. The van der Waals surface area contributed by atoms with Crippen LogP contribution in [0.3, 0.4) is 0 Å².